The predicted molar refractivity (Wildman–Crippen MR) is 98.9 cm³/mol. The van der Waals surface area contributed by atoms with Crippen molar-refractivity contribution in [3.05, 3.63) is 48.0 Å². The van der Waals surface area contributed by atoms with Crippen molar-refractivity contribution in [2.24, 2.45) is 4.99 Å². The highest BCUT2D eigenvalue weighted by Gasteiger charge is 2.11. The third-order valence-corrected chi connectivity index (χ3v) is 3.83. The van der Waals surface area contributed by atoms with Gasteiger partial charge in [-0.1, -0.05) is 12.1 Å². The van der Waals surface area contributed by atoms with Crippen LogP contribution in [0.4, 0.5) is 5.69 Å². The Morgan fingerprint density at radius 2 is 1.96 bits per heavy atom. The zero-order valence-corrected chi connectivity index (χ0v) is 14.5. The first-order valence-electron chi connectivity index (χ1n) is 8.29. The molecule has 25 heavy (non-hydrogen) atoms. The smallest absolute Gasteiger partial charge is 0.195 e. The van der Waals surface area contributed by atoms with Crippen molar-refractivity contribution < 1.29 is 14.2 Å². The summed E-state index contributed by atoms with van der Waals surface area (Å²) in [6.45, 7) is 1.99. The van der Waals surface area contributed by atoms with Gasteiger partial charge in [-0.25, -0.2) is 0 Å². The van der Waals surface area contributed by atoms with Crippen LogP contribution in [-0.2, 0) is 6.54 Å². The van der Waals surface area contributed by atoms with Gasteiger partial charge in [-0.2, -0.15) is 0 Å². The first-order valence-corrected chi connectivity index (χ1v) is 8.29. The fraction of sp³-hybridized carbons (Fsp3) is 0.316. The Morgan fingerprint density at radius 1 is 1.12 bits per heavy atom. The van der Waals surface area contributed by atoms with Gasteiger partial charge in [0.15, 0.2) is 17.5 Å². The molecule has 0 fully saturated rings. The van der Waals surface area contributed by atoms with E-state index in [1.54, 1.807) is 14.2 Å². The van der Waals surface area contributed by atoms with Crippen LogP contribution >= 0.6 is 0 Å². The first kappa shape index (κ1) is 17.0. The number of hydrogen-bond donors (Lipinski definition) is 2. The highest BCUT2D eigenvalue weighted by atomic mass is 16.5. The maximum Gasteiger partial charge on any atom is 0.195 e. The number of fused-ring (bicyclic) bond motifs is 1. The quantitative estimate of drug-likeness (QED) is 0.661. The molecule has 1 aliphatic heterocycles. The number of nitrogens with zero attached hydrogens (tertiary/aromatic N) is 1. The number of methoxy groups -OCH3 is 1. The molecule has 2 N–H and O–H groups in total. The molecule has 0 aromatic heterocycles. The zero-order chi connectivity index (χ0) is 17.5. The Bertz CT molecular complexity index is 746. The largest absolute Gasteiger partial charge is 0.497 e. The topological polar surface area (TPSA) is 64.1 Å². The molecule has 0 spiro atoms. The predicted octanol–water partition coefficient (Wildman–Crippen LogP) is 3.04. The normalized spacial score (nSPS) is 13.8. The van der Waals surface area contributed by atoms with Gasteiger partial charge in [-0.05, 0) is 29.8 Å². The van der Waals surface area contributed by atoms with Crippen molar-refractivity contribution in [1.82, 2.24) is 5.32 Å². The summed E-state index contributed by atoms with van der Waals surface area (Å²) in [6.07, 6.45) is 0.890. The molecule has 3 rings (SSSR count). The standard InChI is InChI=1S/C19H23N3O3/c1-20-19(21-13-14-5-3-6-16(11-14)23-2)22-15-7-8-17-18(12-15)25-10-4-9-24-17/h3,5-8,11-12H,4,9-10,13H2,1-2H3,(H2,20,21,22). The summed E-state index contributed by atoms with van der Waals surface area (Å²) in [6, 6.07) is 13.7. The summed E-state index contributed by atoms with van der Waals surface area (Å²) < 4.78 is 16.6. The summed E-state index contributed by atoms with van der Waals surface area (Å²) in [5.74, 6) is 3.05. The van der Waals surface area contributed by atoms with Gasteiger partial charge in [0, 0.05) is 31.8 Å². The minimum absolute atomic E-state index is 0.640. The van der Waals surface area contributed by atoms with Gasteiger partial charge in [0.05, 0.1) is 20.3 Å². The van der Waals surface area contributed by atoms with Gasteiger partial charge in [0.1, 0.15) is 5.75 Å². The Labute approximate surface area is 147 Å². The lowest BCUT2D eigenvalue weighted by Gasteiger charge is -2.14. The number of hydrogen-bond acceptors (Lipinski definition) is 4. The number of benzene rings is 2. The van der Waals surface area contributed by atoms with Gasteiger partial charge in [-0.15, -0.1) is 0 Å². The lowest BCUT2D eigenvalue weighted by molar-refractivity contribution is 0.297. The van der Waals surface area contributed by atoms with Crippen molar-refractivity contribution in [3.8, 4) is 17.2 Å². The molecule has 2 aromatic rings. The van der Waals surface area contributed by atoms with Crippen molar-refractivity contribution in [2.45, 2.75) is 13.0 Å². The average Bonchev–Trinajstić information content (AvgIpc) is 2.90. The number of guanidine groups is 1. The number of rotatable bonds is 4. The van der Waals surface area contributed by atoms with E-state index in [0.29, 0.717) is 25.7 Å². The highest BCUT2D eigenvalue weighted by Crippen LogP contribution is 2.32. The van der Waals surface area contributed by atoms with Crippen molar-refractivity contribution in [3.63, 3.8) is 0 Å². The lowest BCUT2D eigenvalue weighted by Crippen LogP contribution is -2.30. The van der Waals surface area contributed by atoms with Crippen LogP contribution in [0.25, 0.3) is 0 Å². The average molecular weight is 341 g/mol. The molecule has 2 aromatic carbocycles. The van der Waals surface area contributed by atoms with Crippen LogP contribution < -0.4 is 24.8 Å². The summed E-state index contributed by atoms with van der Waals surface area (Å²) in [5, 5.41) is 6.56. The van der Waals surface area contributed by atoms with Crippen molar-refractivity contribution >= 4 is 11.6 Å². The molecule has 1 aliphatic rings. The SMILES string of the molecule is CN=C(NCc1cccc(OC)c1)Nc1ccc2c(c1)OCCCO2. The van der Waals surface area contributed by atoms with Crippen LogP contribution in [0.5, 0.6) is 17.2 Å². The third-order valence-electron chi connectivity index (χ3n) is 3.83. The molecule has 6 nitrogen and oxygen atoms in total. The molecule has 0 saturated carbocycles. The molecule has 0 amide bonds. The molecule has 0 atom stereocenters. The Morgan fingerprint density at radius 3 is 2.76 bits per heavy atom. The fourth-order valence-corrected chi connectivity index (χ4v) is 2.53. The number of nitrogens with one attached hydrogen (secondary N) is 2. The van der Waals surface area contributed by atoms with Crippen molar-refractivity contribution in [2.75, 3.05) is 32.7 Å². The number of anilines is 1. The van der Waals surface area contributed by atoms with Crippen LogP contribution in [-0.4, -0.2) is 33.3 Å². The van der Waals surface area contributed by atoms with Gasteiger partial charge in [0.25, 0.3) is 0 Å². The van der Waals surface area contributed by atoms with E-state index in [1.807, 2.05) is 42.5 Å². The Kier molecular flexibility index (Phi) is 5.61. The minimum Gasteiger partial charge on any atom is -0.497 e. The molecule has 0 bridgehead atoms. The van der Waals surface area contributed by atoms with E-state index in [1.165, 1.54) is 0 Å². The van der Waals surface area contributed by atoms with E-state index in [9.17, 15) is 0 Å². The molecular weight excluding hydrogens is 318 g/mol. The van der Waals surface area contributed by atoms with Crippen LogP contribution in [0.3, 0.4) is 0 Å². The maximum atomic E-state index is 5.72. The zero-order valence-electron chi connectivity index (χ0n) is 14.5. The first-order chi connectivity index (χ1) is 12.3. The van der Waals surface area contributed by atoms with Gasteiger partial charge in [0.2, 0.25) is 0 Å². The van der Waals surface area contributed by atoms with Gasteiger partial charge in [-0.3, -0.25) is 4.99 Å². The second-order valence-corrected chi connectivity index (χ2v) is 5.61. The monoisotopic (exact) mass is 341 g/mol. The molecule has 0 saturated heterocycles. The van der Waals surface area contributed by atoms with Crippen LogP contribution in [0.1, 0.15) is 12.0 Å². The van der Waals surface area contributed by atoms with Gasteiger partial charge < -0.3 is 24.8 Å². The Hall–Kier alpha value is -2.89. The Balaban J connectivity index is 1.63. The molecule has 132 valence electrons. The molecule has 6 heteroatoms. The molecule has 1 heterocycles. The lowest BCUT2D eigenvalue weighted by atomic mass is 10.2. The number of aliphatic imine (C=N–C) groups is 1. The summed E-state index contributed by atoms with van der Waals surface area (Å²) in [4.78, 5) is 4.26. The van der Waals surface area contributed by atoms with Crippen LogP contribution in [0, 0.1) is 0 Å². The highest BCUT2D eigenvalue weighted by molar-refractivity contribution is 5.93. The van der Waals surface area contributed by atoms with E-state index in [0.717, 1.165) is 34.9 Å². The van der Waals surface area contributed by atoms with E-state index in [-0.39, 0.29) is 0 Å². The van der Waals surface area contributed by atoms with E-state index < -0.39 is 0 Å². The van der Waals surface area contributed by atoms with Crippen molar-refractivity contribution in [1.29, 1.82) is 0 Å². The summed E-state index contributed by atoms with van der Waals surface area (Å²) >= 11 is 0. The number of ether oxygens (including phenoxy) is 3. The molecule has 0 radical (unpaired) electrons. The second kappa shape index (κ2) is 8.28. The van der Waals surface area contributed by atoms with Crippen LogP contribution in [0.2, 0.25) is 0 Å². The molecule has 0 aliphatic carbocycles. The third kappa shape index (κ3) is 4.56. The van der Waals surface area contributed by atoms with E-state index >= 15 is 0 Å². The van der Waals surface area contributed by atoms with E-state index in [4.69, 9.17) is 14.2 Å². The summed E-state index contributed by atoms with van der Waals surface area (Å²) in [5.41, 5.74) is 2.00. The minimum atomic E-state index is 0.640. The van der Waals surface area contributed by atoms with Gasteiger partial charge >= 0.3 is 0 Å². The van der Waals surface area contributed by atoms with Crippen LogP contribution in [0.15, 0.2) is 47.5 Å². The summed E-state index contributed by atoms with van der Waals surface area (Å²) in [7, 11) is 3.40. The maximum absolute atomic E-state index is 5.72. The molecule has 0 unspecified atom stereocenters. The molecular formula is C19H23N3O3. The van der Waals surface area contributed by atoms with E-state index in [2.05, 4.69) is 15.6 Å². The fourth-order valence-electron chi connectivity index (χ4n) is 2.53. The second-order valence-electron chi connectivity index (χ2n) is 5.61.